The molecular weight excluding hydrogens is 340 g/mol. The standard InChI is InChI=1S/C16H22N6O2S/c1-17-25(23,24)14-4-5-15(18-10-14)21-8-6-12(7-9-21)16-20-19-11-22(16)13-2-3-13/h4-5,10-13,17H,2-3,6-9H2,1H3. The van der Waals surface area contributed by atoms with Crippen molar-refractivity contribution in [2.24, 2.45) is 0 Å². The van der Waals surface area contributed by atoms with Gasteiger partial charge in [0.1, 0.15) is 22.9 Å². The number of nitrogens with one attached hydrogen (secondary N) is 1. The summed E-state index contributed by atoms with van der Waals surface area (Å²) in [5.41, 5.74) is 0. The fourth-order valence-electron chi connectivity index (χ4n) is 3.38. The van der Waals surface area contributed by atoms with Crippen molar-refractivity contribution in [1.82, 2.24) is 24.5 Å². The zero-order valence-corrected chi connectivity index (χ0v) is 15.0. The lowest BCUT2D eigenvalue weighted by Gasteiger charge is -2.32. The van der Waals surface area contributed by atoms with Crippen molar-refractivity contribution in [3.63, 3.8) is 0 Å². The van der Waals surface area contributed by atoms with Crippen LogP contribution >= 0.6 is 0 Å². The monoisotopic (exact) mass is 362 g/mol. The van der Waals surface area contributed by atoms with E-state index in [-0.39, 0.29) is 4.90 Å². The average Bonchev–Trinajstić information content (AvgIpc) is 3.38. The van der Waals surface area contributed by atoms with Gasteiger partial charge in [0, 0.05) is 31.2 Å². The lowest BCUT2D eigenvalue weighted by Crippen LogP contribution is -2.34. The average molecular weight is 362 g/mol. The fourth-order valence-corrected chi connectivity index (χ4v) is 4.06. The third kappa shape index (κ3) is 3.25. The molecule has 1 N–H and O–H groups in total. The van der Waals surface area contributed by atoms with Crippen molar-refractivity contribution >= 4 is 15.8 Å². The largest absolute Gasteiger partial charge is 0.357 e. The molecule has 8 nitrogen and oxygen atoms in total. The van der Waals surface area contributed by atoms with Crippen LogP contribution in [0.25, 0.3) is 0 Å². The van der Waals surface area contributed by atoms with E-state index in [4.69, 9.17) is 0 Å². The molecule has 1 saturated heterocycles. The second-order valence-corrected chi connectivity index (χ2v) is 8.54. The van der Waals surface area contributed by atoms with Gasteiger partial charge in [-0.05, 0) is 44.9 Å². The first-order chi connectivity index (χ1) is 12.1. The zero-order valence-electron chi connectivity index (χ0n) is 14.2. The summed E-state index contributed by atoms with van der Waals surface area (Å²) in [6.45, 7) is 1.76. The Balaban J connectivity index is 1.42. The molecule has 9 heteroatoms. The Hall–Kier alpha value is -2.00. The van der Waals surface area contributed by atoms with E-state index in [1.807, 2.05) is 6.33 Å². The molecular formula is C16H22N6O2S. The van der Waals surface area contributed by atoms with Gasteiger partial charge < -0.3 is 9.47 Å². The predicted molar refractivity (Wildman–Crippen MR) is 93.0 cm³/mol. The number of hydrogen-bond acceptors (Lipinski definition) is 6. The van der Waals surface area contributed by atoms with E-state index in [1.54, 1.807) is 12.1 Å². The zero-order chi connectivity index (χ0) is 17.4. The summed E-state index contributed by atoms with van der Waals surface area (Å²) in [4.78, 5) is 6.72. The number of rotatable bonds is 5. The van der Waals surface area contributed by atoms with Crippen LogP contribution in [-0.4, -0.2) is 48.3 Å². The SMILES string of the molecule is CNS(=O)(=O)c1ccc(N2CCC(c3nncn3C3CC3)CC2)nc1. The maximum Gasteiger partial charge on any atom is 0.241 e. The lowest BCUT2D eigenvalue weighted by molar-refractivity contribution is 0.463. The molecule has 3 heterocycles. The van der Waals surface area contributed by atoms with E-state index in [9.17, 15) is 8.42 Å². The van der Waals surface area contributed by atoms with Gasteiger partial charge in [-0.25, -0.2) is 18.1 Å². The van der Waals surface area contributed by atoms with Crippen molar-refractivity contribution in [3.05, 3.63) is 30.5 Å². The number of aromatic nitrogens is 4. The third-order valence-electron chi connectivity index (χ3n) is 5.02. The summed E-state index contributed by atoms with van der Waals surface area (Å²) in [6, 6.07) is 3.98. The number of piperidine rings is 1. The van der Waals surface area contributed by atoms with E-state index in [0.717, 1.165) is 37.6 Å². The maximum absolute atomic E-state index is 11.8. The fraction of sp³-hybridized carbons (Fsp3) is 0.562. The van der Waals surface area contributed by atoms with Crippen LogP contribution in [0.1, 0.15) is 43.5 Å². The van der Waals surface area contributed by atoms with Gasteiger partial charge in [-0.3, -0.25) is 0 Å². The molecule has 0 aromatic carbocycles. The molecule has 1 saturated carbocycles. The summed E-state index contributed by atoms with van der Waals surface area (Å²) in [5.74, 6) is 2.37. The predicted octanol–water partition coefficient (Wildman–Crippen LogP) is 1.30. The van der Waals surface area contributed by atoms with Gasteiger partial charge >= 0.3 is 0 Å². The molecule has 2 aromatic rings. The highest BCUT2D eigenvalue weighted by molar-refractivity contribution is 7.89. The van der Waals surface area contributed by atoms with Crippen molar-refractivity contribution < 1.29 is 8.42 Å². The quantitative estimate of drug-likeness (QED) is 0.862. The molecule has 0 atom stereocenters. The molecule has 4 rings (SSSR count). The van der Waals surface area contributed by atoms with Crippen LogP contribution in [0.2, 0.25) is 0 Å². The number of sulfonamides is 1. The molecule has 0 radical (unpaired) electrons. The molecule has 2 aromatic heterocycles. The Morgan fingerprint density at radius 3 is 2.52 bits per heavy atom. The first-order valence-electron chi connectivity index (χ1n) is 8.62. The number of hydrogen-bond donors (Lipinski definition) is 1. The highest BCUT2D eigenvalue weighted by Crippen LogP contribution is 2.38. The van der Waals surface area contributed by atoms with Crippen molar-refractivity contribution in [2.75, 3.05) is 25.0 Å². The van der Waals surface area contributed by atoms with E-state index in [1.165, 1.54) is 26.1 Å². The Morgan fingerprint density at radius 2 is 1.92 bits per heavy atom. The second-order valence-electron chi connectivity index (χ2n) is 6.65. The number of pyridine rings is 1. The van der Waals surface area contributed by atoms with Crippen LogP contribution in [0.15, 0.2) is 29.6 Å². The van der Waals surface area contributed by atoms with E-state index in [0.29, 0.717) is 12.0 Å². The van der Waals surface area contributed by atoms with Crippen LogP contribution in [0, 0.1) is 0 Å². The number of nitrogens with zero attached hydrogens (tertiary/aromatic N) is 5. The van der Waals surface area contributed by atoms with Gasteiger partial charge in [-0.2, -0.15) is 0 Å². The van der Waals surface area contributed by atoms with E-state index < -0.39 is 10.0 Å². The minimum atomic E-state index is -3.44. The van der Waals surface area contributed by atoms with E-state index in [2.05, 4.69) is 29.4 Å². The molecule has 0 bridgehead atoms. The Kier molecular flexibility index (Phi) is 4.20. The molecule has 0 amide bonds. The van der Waals surface area contributed by atoms with Crippen molar-refractivity contribution in [1.29, 1.82) is 0 Å². The van der Waals surface area contributed by atoms with Crippen LogP contribution in [0.5, 0.6) is 0 Å². The first-order valence-corrected chi connectivity index (χ1v) is 10.1. The third-order valence-corrected chi connectivity index (χ3v) is 6.42. The Labute approximate surface area is 147 Å². The van der Waals surface area contributed by atoms with E-state index >= 15 is 0 Å². The van der Waals surface area contributed by atoms with Gasteiger partial charge in [-0.1, -0.05) is 0 Å². The van der Waals surface area contributed by atoms with Gasteiger partial charge in [-0.15, -0.1) is 10.2 Å². The van der Waals surface area contributed by atoms with Crippen molar-refractivity contribution in [2.45, 2.75) is 42.5 Å². The second kappa shape index (κ2) is 6.38. The molecule has 2 fully saturated rings. The highest BCUT2D eigenvalue weighted by Gasteiger charge is 2.31. The highest BCUT2D eigenvalue weighted by atomic mass is 32.2. The van der Waals surface area contributed by atoms with Gasteiger partial charge in [0.15, 0.2) is 0 Å². The van der Waals surface area contributed by atoms with Gasteiger partial charge in [0.05, 0.1) is 0 Å². The van der Waals surface area contributed by atoms with Gasteiger partial charge in [0.2, 0.25) is 10.0 Å². The van der Waals surface area contributed by atoms with Crippen LogP contribution in [0.4, 0.5) is 5.82 Å². The Bertz CT molecular complexity index is 836. The normalized spacial score (nSPS) is 19.3. The molecule has 134 valence electrons. The smallest absolute Gasteiger partial charge is 0.241 e. The maximum atomic E-state index is 11.8. The Morgan fingerprint density at radius 1 is 1.16 bits per heavy atom. The van der Waals surface area contributed by atoms with Crippen LogP contribution in [0.3, 0.4) is 0 Å². The minimum absolute atomic E-state index is 0.186. The molecule has 0 spiro atoms. The summed E-state index contributed by atoms with van der Waals surface area (Å²) in [6.07, 6.45) is 7.75. The summed E-state index contributed by atoms with van der Waals surface area (Å²) < 4.78 is 28.1. The van der Waals surface area contributed by atoms with Gasteiger partial charge in [0.25, 0.3) is 0 Å². The summed E-state index contributed by atoms with van der Waals surface area (Å²) in [5, 5.41) is 8.45. The summed E-state index contributed by atoms with van der Waals surface area (Å²) >= 11 is 0. The first kappa shape index (κ1) is 16.5. The summed E-state index contributed by atoms with van der Waals surface area (Å²) in [7, 11) is -2.04. The lowest BCUT2D eigenvalue weighted by atomic mass is 9.96. The number of anilines is 1. The van der Waals surface area contributed by atoms with Crippen molar-refractivity contribution in [3.8, 4) is 0 Å². The van der Waals surface area contributed by atoms with Crippen LogP contribution in [-0.2, 0) is 10.0 Å². The minimum Gasteiger partial charge on any atom is -0.357 e. The molecule has 2 aliphatic rings. The van der Waals surface area contributed by atoms with Crippen LogP contribution < -0.4 is 9.62 Å². The molecule has 1 aliphatic carbocycles. The molecule has 1 aliphatic heterocycles. The molecule has 25 heavy (non-hydrogen) atoms. The topological polar surface area (TPSA) is 93.0 Å². The molecule has 0 unspecified atom stereocenters.